The van der Waals surface area contributed by atoms with E-state index in [9.17, 15) is 4.79 Å². The van der Waals surface area contributed by atoms with Crippen LogP contribution in [0.4, 0.5) is 0 Å². The fourth-order valence-corrected chi connectivity index (χ4v) is 0. The lowest BCUT2D eigenvalue weighted by molar-refractivity contribution is -0.107. The van der Waals surface area contributed by atoms with E-state index in [1.165, 1.54) is 6.42 Å². The molecule has 0 aromatic rings. The molecule has 0 aliphatic carbocycles. The van der Waals surface area contributed by atoms with Crippen LogP contribution in [0.3, 0.4) is 0 Å². The minimum atomic E-state index is -0.176. The van der Waals surface area contributed by atoms with E-state index in [0.717, 1.165) is 0 Å². The summed E-state index contributed by atoms with van der Waals surface area (Å²) >= 11 is 3.40. The summed E-state index contributed by atoms with van der Waals surface area (Å²) in [6.07, 6.45) is 1.39. The van der Waals surface area contributed by atoms with Crippen LogP contribution < -0.4 is 0 Å². The first-order chi connectivity index (χ1) is 2.27. The number of thiol groups is 1. The van der Waals surface area contributed by atoms with E-state index < -0.39 is 0 Å². The van der Waals surface area contributed by atoms with Gasteiger partial charge in [-0.1, -0.05) is 6.92 Å². The van der Waals surface area contributed by atoms with E-state index in [-0.39, 0.29) is 5.12 Å². The van der Waals surface area contributed by atoms with Crippen LogP contribution in [0, 0.1) is 6.42 Å². The predicted molar refractivity (Wildman–Crippen MR) is 24.0 cm³/mol. The molecule has 29 valence electrons. The van der Waals surface area contributed by atoms with Crippen LogP contribution in [0.25, 0.3) is 0 Å². The lowest BCUT2D eigenvalue weighted by Gasteiger charge is -1.69. The van der Waals surface area contributed by atoms with Crippen molar-refractivity contribution >= 4 is 17.7 Å². The van der Waals surface area contributed by atoms with Gasteiger partial charge in [-0.3, -0.25) is 4.79 Å². The molecule has 0 aromatic carbocycles. The van der Waals surface area contributed by atoms with Gasteiger partial charge in [0.25, 0.3) is 0 Å². The van der Waals surface area contributed by atoms with Gasteiger partial charge in [-0.2, -0.15) is 0 Å². The predicted octanol–water partition coefficient (Wildman–Crippen LogP) is 0.667. The fourth-order valence-electron chi connectivity index (χ4n) is 0. The smallest absolute Gasteiger partial charge is 0.189 e. The first kappa shape index (κ1) is 5.02. The van der Waals surface area contributed by atoms with E-state index in [0.29, 0.717) is 0 Å². The molecular formula is C3H5OS. The van der Waals surface area contributed by atoms with Crippen LogP contribution in [0.2, 0.25) is 0 Å². The third-order valence-electron chi connectivity index (χ3n) is 0.247. The van der Waals surface area contributed by atoms with Gasteiger partial charge in [0.05, 0.1) is 0 Å². The summed E-state index contributed by atoms with van der Waals surface area (Å²) in [6.45, 7) is 1.65. The minimum absolute atomic E-state index is 0.176. The molecule has 0 amide bonds. The summed E-state index contributed by atoms with van der Waals surface area (Å²) in [5.74, 6) is 0. The molecule has 0 heterocycles. The van der Waals surface area contributed by atoms with Crippen molar-refractivity contribution in [2.24, 2.45) is 0 Å². The lowest BCUT2D eigenvalue weighted by Crippen LogP contribution is -1.76. The normalized spacial score (nSPS) is 7.60. The summed E-state index contributed by atoms with van der Waals surface area (Å²) in [5, 5.41) is -0.176. The Bertz CT molecular complexity index is 42.2. The fraction of sp³-hybridized carbons (Fsp3) is 0.333. The Labute approximate surface area is 36.8 Å². The van der Waals surface area contributed by atoms with Crippen LogP contribution in [0.15, 0.2) is 0 Å². The van der Waals surface area contributed by atoms with Gasteiger partial charge in [0.15, 0.2) is 5.12 Å². The number of rotatable bonds is 1. The third kappa shape index (κ3) is 4.02. The van der Waals surface area contributed by atoms with Gasteiger partial charge in [-0.05, 0) is 0 Å². The first-order valence-corrected chi connectivity index (χ1v) is 1.74. The average Bonchev–Trinajstić information content (AvgIpc) is 1.38. The summed E-state index contributed by atoms with van der Waals surface area (Å²) in [4.78, 5) is 9.62. The summed E-state index contributed by atoms with van der Waals surface area (Å²) in [7, 11) is 0. The van der Waals surface area contributed by atoms with Gasteiger partial charge in [-0.15, -0.1) is 12.6 Å². The number of carbonyl (C=O) groups is 1. The number of hydrogen-bond acceptors (Lipinski definition) is 1. The molecule has 1 radical (unpaired) electrons. The third-order valence-corrected chi connectivity index (χ3v) is 0.505. The highest BCUT2D eigenvalue weighted by Gasteiger charge is 1.79. The maximum absolute atomic E-state index is 9.62. The summed E-state index contributed by atoms with van der Waals surface area (Å²) in [6, 6.07) is 0. The molecule has 1 nitrogen and oxygen atoms in total. The van der Waals surface area contributed by atoms with Crippen molar-refractivity contribution in [3.63, 3.8) is 0 Å². The van der Waals surface area contributed by atoms with Gasteiger partial charge in [0, 0.05) is 6.42 Å². The molecule has 0 atom stereocenters. The van der Waals surface area contributed by atoms with Crippen LogP contribution >= 0.6 is 12.6 Å². The van der Waals surface area contributed by atoms with Crippen molar-refractivity contribution in [1.29, 1.82) is 0 Å². The summed E-state index contributed by atoms with van der Waals surface area (Å²) in [5.41, 5.74) is 0. The Balaban J connectivity index is 2.85. The Morgan fingerprint density at radius 1 is 2.00 bits per heavy atom. The molecule has 0 fully saturated rings. The van der Waals surface area contributed by atoms with Crippen LogP contribution in [0.5, 0.6) is 0 Å². The molecule has 0 aromatic heterocycles. The molecule has 0 rings (SSSR count). The molecule has 0 saturated heterocycles. The van der Waals surface area contributed by atoms with Crippen LogP contribution in [-0.2, 0) is 4.79 Å². The van der Waals surface area contributed by atoms with E-state index in [4.69, 9.17) is 0 Å². The lowest BCUT2D eigenvalue weighted by atomic mass is 10.6. The van der Waals surface area contributed by atoms with E-state index in [1.807, 2.05) is 0 Å². The Morgan fingerprint density at radius 2 is 2.20 bits per heavy atom. The number of hydrogen-bond donors (Lipinski definition) is 1. The van der Waals surface area contributed by atoms with Gasteiger partial charge in [-0.25, -0.2) is 0 Å². The van der Waals surface area contributed by atoms with Crippen molar-refractivity contribution in [3.05, 3.63) is 6.42 Å². The average molecular weight is 89.1 g/mol. The van der Waals surface area contributed by atoms with Gasteiger partial charge < -0.3 is 0 Å². The minimum Gasteiger partial charge on any atom is -0.287 e. The molecule has 0 N–H and O–H groups in total. The van der Waals surface area contributed by atoms with Crippen molar-refractivity contribution in [2.75, 3.05) is 0 Å². The van der Waals surface area contributed by atoms with Gasteiger partial charge in [0.1, 0.15) is 0 Å². The maximum atomic E-state index is 9.62. The quantitative estimate of drug-likeness (QED) is 0.467. The molecule has 0 spiro atoms. The highest BCUT2D eigenvalue weighted by molar-refractivity contribution is 7.97. The van der Waals surface area contributed by atoms with Crippen molar-refractivity contribution in [3.8, 4) is 0 Å². The van der Waals surface area contributed by atoms with E-state index in [2.05, 4.69) is 12.6 Å². The van der Waals surface area contributed by atoms with Crippen LogP contribution in [0.1, 0.15) is 6.92 Å². The second-order valence-corrected chi connectivity index (χ2v) is 1.07. The van der Waals surface area contributed by atoms with Gasteiger partial charge >= 0.3 is 0 Å². The molecule has 0 aliphatic rings. The largest absolute Gasteiger partial charge is 0.287 e. The second kappa shape index (κ2) is 2.27. The summed E-state index contributed by atoms with van der Waals surface area (Å²) < 4.78 is 0. The van der Waals surface area contributed by atoms with Crippen molar-refractivity contribution in [1.82, 2.24) is 0 Å². The van der Waals surface area contributed by atoms with Crippen molar-refractivity contribution in [2.45, 2.75) is 6.92 Å². The second-order valence-electron chi connectivity index (χ2n) is 0.627. The highest BCUT2D eigenvalue weighted by Crippen LogP contribution is 1.78. The SMILES string of the molecule is C[CH]C(=O)S. The first-order valence-electron chi connectivity index (χ1n) is 1.29. The van der Waals surface area contributed by atoms with Crippen molar-refractivity contribution < 1.29 is 4.79 Å². The van der Waals surface area contributed by atoms with Crippen LogP contribution in [-0.4, -0.2) is 5.12 Å². The van der Waals surface area contributed by atoms with Gasteiger partial charge in [0.2, 0.25) is 0 Å². The molecule has 2 heteroatoms. The Hall–Kier alpha value is 0.0200. The zero-order valence-corrected chi connectivity index (χ0v) is 3.83. The zero-order valence-electron chi connectivity index (χ0n) is 2.93. The standard InChI is InChI=1S/C3H5OS/c1-2-3(4)5/h2H,1H3,(H,4,5). The molecule has 0 bridgehead atoms. The van der Waals surface area contributed by atoms with E-state index >= 15 is 0 Å². The van der Waals surface area contributed by atoms with E-state index in [1.54, 1.807) is 6.92 Å². The monoisotopic (exact) mass is 89.0 g/mol. The zero-order chi connectivity index (χ0) is 4.28. The highest BCUT2D eigenvalue weighted by atomic mass is 32.1. The topological polar surface area (TPSA) is 17.1 Å². The molecule has 5 heavy (non-hydrogen) atoms. The Kier molecular flexibility index (Phi) is 2.28. The molecule has 0 unspecified atom stereocenters. The molecule has 0 saturated carbocycles. The maximum Gasteiger partial charge on any atom is 0.189 e. The molecular weight excluding hydrogens is 84.1 g/mol. The number of carbonyl (C=O) groups excluding carboxylic acids is 1. The Morgan fingerprint density at radius 3 is 2.20 bits per heavy atom. The molecule has 0 aliphatic heterocycles.